The number of anilines is 1. The molecule has 4 rings (SSSR count). The first-order valence-corrected chi connectivity index (χ1v) is 10.9. The summed E-state index contributed by atoms with van der Waals surface area (Å²) < 4.78 is 35.7. The van der Waals surface area contributed by atoms with Crippen molar-refractivity contribution in [3.8, 4) is 11.8 Å². The molecule has 2 unspecified atom stereocenters. The van der Waals surface area contributed by atoms with Crippen molar-refractivity contribution in [3.05, 3.63) is 60.3 Å². The number of nitriles is 1. The summed E-state index contributed by atoms with van der Waals surface area (Å²) in [5.74, 6) is 0.693. The number of nitrogens with zero attached hydrogens (tertiary/aromatic N) is 5. The molecular weight excluding hydrogens is 404 g/mol. The van der Waals surface area contributed by atoms with E-state index in [4.69, 9.17) is 4.74 Å². The first-order chi connectivity index (χ1) is 14.5. The molecule has 9 nitrogen and oxygen atoms in total. The molecule has 1 aliphatic carbocycles. The fourth-order valence-electron chi connectivity index (χ4n) is 3.73. The van der Waals surface area contributed by atoms with Crippen molar-refractivity contribution in [2.24, 2.45) is 7.05 Å². The maximum Gasteiger partial charge on any atom is 0.263 e. The van der Waals surface area contributed by atoms with Gasteiger partial charge < -0.3 is 4.74 Å². The van der Waals surface area contributed by atoms with Gasteiger partial charge in [-0.2, -0.15) is 10.4 Å². The highest BCUT2D eigenvalue weighted by Crippen LogP contribution is 2.38. The van der Waals surface area contributed by atoms with E-state index in [9.17, 15) is 13.7 Å². The zero-order valence-corrected chi connectivity index (χ0v) is 17.1. The molecule has 3 aromatic rings. The fraction of sp³-hybridized carbons (Fsp3) is 0.300. The predicted octanol–water partition coefficient (Wildman–Crippen LogP) is 2.60. The SMILES string of the molecule is Cn1nccc1C1CCCC1Oc1ccc(S(=O)(=O)Nc2ccncn2)cc1C#N. The van der Waals surface area contributed by atoms with Crippen LogP contribution in [0.1, 0.15) is 36.4 Å². The van der Waals surface area contributed by atoms with Gasteiger partial charge >= 0.3 is 0 Å². The van der Waals surface area contributed by atoms with E-state index in [1.165, 1.54) is 36.8 Å². The second-order valence-electron chi connectivity index (χ2n) is 7.04. The normalized spacial score (nSPS) is 18.7. The summed E-state index contributed by atoms with van der Waals surface area (Å²) in [7, 11) is -2.00. The van der Waals surface area contributed by atoms with E-state index >= 15 is 0 Å². The third-order valence-electron chi connectivity index (χ3n) is 5.17. The minimum absolute atomic E-state index is 0.0420. The van der Waals surface area contributed by atoms with Gasteiger partial charge in [-0.1, -0.05) is 0 Å². The maximum absolute atomic E-state index is 12.6. The lowest BCUT2D eigenvalue weighted by Gasteiger charge is -2.22. The molecule has 2 aromatic heterocycles. The zero-order valence-electron chi connectivity index (χ0n) is 16.3. The number of hydrogen-bond acceptors (Lipinski definition) is 7. The van der Waals surface area contributed by atoms with Crippen LogP contribution in [0.5, 0.6) is 5.75 Å². The number of sulfonamides is 1. The Morgan fingerprint density at radius 2 is 2.10 bits per heavy atom. The van der Waals surface area contributed by atoms with Gasteiger partial charge in [0.05, 0.1) is 10.5 Å². The summed E-state index contributed by atoms with van der Waals surface area (Å²) in [5.41, 5.74) is 1.25. The van der Waals surface area contributed by atoms with Crippen LogP contribution in [0.4, 0.5) is 5.82 Å². The molecule has 154 valence electrons. The minimum atomic E-state index is -3.90. The maximum atomic E-state index is 12.6. The average Bonchev–Trinajstić information content (AvgIpc) is 3.36. The monoisotopic (exact) mass is 424 g/mol. The number of hydrogen-bond donors (Lipinski definition) is 1. The first kappa shape index (κ1) is 19.8. The second-order valence-corrected chi connectivity index (χ2v) is 8.73. The first-order valence-electron chi connectivity index (χ1n) is 9.45. The minimum Gasteiger partial charge on any atom is -0.488 e. The molecule has 0 bridgehead atoms. The quantitative estimate of drug-likeness (QED) is 0.645. The summed E-state index contributed by atoms with van der Waals surface area (Å²) in [6, 6.07) is 9.74. The average molecular weight is 424 g/mol. The Hall–Kier alpha value is -3.45. The van der Waals surface area contributed by atoms with Gasteiger partial charge in [-0.15, -0.1) is 0 Å². The van der Waals surface area contributed by atoms with Crippen molar-refractivity contribution in [3.63, 3.8) is 0 Å². The summed E-state index contributed by atoms with van der Waals surface area (Å²) in [6.07, 6.45) is 7.18. The molecule has 0 amide bonds. The van der Waals surface area contributed by atoms with Crippen molar-refractivity contribution < 1.29 is 13.2 Å². The molecule has 0 spiro atoms. The Kier molecular flexibility index (Phi) is 5.37. The Labute approximate surface area is 174 Å². The predicted molar refractivity (Wildman–Crippen MR) is 108 cm³/mol. The van der Waals surface area contributed by atoms with E-state index < -0.39 is 10.0 Å². The van der Waals surface area contributed by atoms with Crippen LogP contribution >= 0.6 is 0 Å². The van der Waals surface area contributed by atoms with Gasteiger partial charge in [0.1, 0.15) is 30.1 Å². The lowest BCUT2D eigenvalue weighted by molar-refractivity contribution is 0.186. The summed E-state index contributed by atoms with van der Waals surface area (Å²) >= 11 is 0. The number of aryl methyl sites for hydroxylation is 1. The van der Waals surface area contributed by atoms with E-state index in [-0.39, 0.29) is 28.3 Å². The molecule has 2 atom stereocenters. The Morgan fingerprint density at radius 1 is 1.23 bits per heavy atom. The lowest BCUT2D eigenvalue weighted by atomic mass is 10.0. The molecule has 1 aromatic carbocycles. The van der Waals surface area contributed by atoms with Crippen molar-refractivity contribution in [1.29, 1.82) is 5.26 Å². The van der Waals surface area contributed by atoms with Gasteiger partial charge in [0.25, 0.3) is 10.0 Å². The Balaban J connectivity index is 1.57. The van der Waals surface area contributed by atoms with Crippen LogP contribution in [0.3, 0.4) is 0 Å². The molecule has 2 heterocycles. The topological polar surface area (TPSA) is 123 Å². The van der Waals surface area contributed by atoms with Crippen LogP contribution < -0.4 is 9.46 Å². The van der Waals surface area contributed by atoms with Crippen LogP contribution in [-0.4, -0.2) is 34.3 Å². The van der Waals surface area contributed by atoms with Gasteiger partial charge in [0.15, 0.2) is 0 Å². The molecular formula is C20H20N6O3S. The third kappa shape index (κ3) is 3.97. The molecule has 0 saturated heterocycles. The number of aromatic nitrogens is 4. The lowest BCUT2D eigenvalue weighted by Crippen LogP contribution is -2.22. The van der Waals surface area contributed by atoms with Gasteiger partial charge in [-0.05, 0) is 49.6 Å². The van der Waals surface area contributed by atoms with Crippen LogP contribution in [0.25, 0.3) is 0 Å². The van der Waals surface area contributed by atoms with Crippen molar-refractivity contribution in [1.82, 2.24) is 19.7 Å². The van der Waals surface area contributed by atoms with Crippen molar-refractivity contribution >= 4 is 15.8 Å². The van der Waals surface area contributed by atoms with E-state index in [0.29, 0.717) is 5.75 Å². The molecule has 1 aliphatic rings. The standard InChI is InChI=1S/C20H20N6O3S/c1-26-17(7-10-24-26)16-3-2-4-19(16)29-18-6-5-15(11-14(18)12-21)30(27,28)25-20-8-9-22-13-23-20/h5-11,13,16,19H,2-4H2,1H3,(H,22,23,25). The van der Waals surface area contributed by atoms with Gasteiger partial charge in [-0.3, -0.25) is 9.40 Å². The van der Waals surface area contributed by atoms with Gasteiger partial charge in [0, 0.05) is 31.1 Å². The zero-order chi connectivity index (χ0) is 21.1. The highest BCUT2D eigenvalue weighted by Gasteiger charge is 2.33. The largest absolute Gasteiger partial charge is 0.488 e. The number of benzene rings is 1. The molecule has 1 fully saturated rings. The van der Waals surface area contributed by atoms with Crippen molar-refractivity contribution in [2.45, 2.75) is 36.2 Å². The molecule has 10 heteroatoms. The third-order valence-corrected chi connectivity index (χ3v) is 6.52. The summed E-state index contributed by atoms with van der Waals surface area (Å²) in [6.45, 7) is 0. The van der Waals surface area contributed by atoms with Crippen LogP contribution in [0.15, 0.2) is 53.9 Å². The van der Waals surface area contributed by atoms with Crippen LogP contribution in [0, 0.1) is 11.3 Å². The molecule has 30 heavy (non-hydrogen) atoms. The smallest absolute Gasteiger partial charge is 0.263 e. The van der Waals surface area contributed by atoms with Gasteiger partial charge in [0.2, 0.25) is 0 Å². The summed E-state index contributed by atoms with van der Waals surface area (Å²) in [5, 5.41) is 13.8. The number of nitrogens with one attached hydrogen (secondary N) is 1. The van der Waals surface area contributed by atoms with E-state index in [1.807, 2.05) is 23.9 Å². The summed E-state index contributed by atoms with van der Waals surface area (Å²) in [4.78, 5) is 7.57. The molecule has 0 radical (unpaired) electrons. The second kappa shape index (κ2) is 8.12. The molecule has 1 saturated carbocycles. The van der Waals surface area contributed by atoms with Gasteiger partial charge in [-0.25, -0.2) is 18.4 Å². The van der Waals surface area contributed by atoms with Crippen LogP contribution in [0.2, 0.25) is 0 Å². The Morgan fingerprint density at radius 3 is 2.80 bits per heavy atom. The highest BCUT2D eigenvalue weighted by molar-refractivity contribution is 7.92. The van der Waals surface area contributed by atoms with E-state index in [1.54, 1.807) is 6.20 Å². The fourth-order valence-corrected chi connectivity index (χ4v) is 4.76. The number of rotatable bonds is 6. The Bertz CT molecular complexity index is 1190. The van der Waals surface area contributed by atoms with E-state index in [2.05, 4.69) is 19.8 Å². The number of ether oxygens (including phenoxy) is 1. The molecule has 0 aliphatic heterocycles. The van der Waals surface area contributed by atoms with E-state index in [0.717, 1.165) is 25.0 Å². The van der Waals surface area contributed by atoms with Crippen molar-refractivity contribution in [2.75, 3.05) is 4.72 Å². The van der Waals surface area contributed by atoms with Crippen LogP contribution in [-0.2, 0) is 17.1 Å². The molecule has 1 N–H and O–H groups in total. The highest BCUT2D eigenvalue weighted by atomic mass is 32.2.